The molecule has 1 atom stereocenters. The molecule has 0 fully saturated rings. The summed E-state index contributed by atoms with van der Waals surface area (Å²) < 4.78 is 19.7. The Morgan fingerprint density at radius 3 is 1.92 bits per heavy atom. The minimum absolute atomic E-state index is 0.0952. The molecule has 0 saturated carbocycles. The number of aromatic hydroxyl groups is 2. The average Bonchev–Trinajstić information content (AvgIpc) is 2.96. The first-order chi connectivity index (χ1) is 19.0. The number of phenolic OH excluding ortho intramolecular Hbond substituents is 1. The molecule has 7 aromatic rings. The van der Waals surface area contributed by atoms with Crippen molar-refractivity contribution < 1.29 is 19.0 Å². The van der Waals surface area contributed by atoms with Crippen molar-refractivity contribution in [2.45, 2.75) is 5.92 Å². The van der Waals surface area contributed by atoms with Gasteiger partial charge >= 0.3 is 5.63 Å². The highest BCUT2D eigenvalue weighted by Crippen LogP contribution is 2.47. The molecule has 0 amide bonds. The quantitative estimate of drug-likeness (QED) is 0.153. The van der Waals surface area contributed by atoms with Crippen LogP contribution < -0.4 is 5.63 Å². The van der Waals surface area contributed by atoms with Crippen LogP contribution in [0.5, 0.6) is 11.5 Å². The summed E-state index contributed by atoms with van der Waals surface area (Å²) in [6, 6.07) is 26.8. The molecule has 0 aliphatic heterocycles. The maximum absolute atomic E-state index is 14.0. The number of benzene rings is 5. The summed E-state index contributed by atoms with van der Waals surface area (Å²) >= 11 is 0. The fourth-order valence-corrected chi connectivity index (χ4v) is 5.34. The second-order valence-corrected chi connectivity index (χ2v) is 9.35. The highest BCUT2D eigenvalue weighted by Gasteiger charge is 2.32. The Hall–Kier alpha value is -5.30. The zero-order chi connectivity index (χ0) is 26.7. The van der Waals surface area contributed by atoms with Crippen molar-refractivity contribution in [1.82, 2.24) is 9.97 Å². The molecule has 6 nitrogen and oxygen atoms in total. The predicted octanol–water partition coefficient (Wildman–Crippen LogP) is 6.77. The standard InChI is InChI=1S/C32H19FN2O4/c33-18-15-13-17(14-16-18)25(27-31(37)21-9-3-6-12-24(21)39-32(27)38)26-29-28(19-7-1-2-8-20(19)30(26)36)34-22-10-4-5-11-23(22)35-29/h1-16,25,36-37H. The fourth-order valence-electron chi connectivity index (χ4n) is 5.34. The van der Waals surface area contributed by atoms with E-state index in [0.717, 1.165) is 0 Å². The van der Waals surface area contributed by atoms with Crippen molar-refractivity contribution in [3.05, 3.63) is 130 Å². The third kappa shape index (κ3) is 3.51. The minimum Gasteiger partial charge on any atom is -0.507 e. The summed E-state index contributed by atoms with van der Waals surface area (Å²) in [5.41, 5.74) is 2.19. The van der Waals surface area contributed by atoms with E-state index in [1.165, 1.54) is 24.3 Å². The number of phenols is 1. The largest absolute Gasteiger partial charge is 0.507 e. The summed E-state index contributed by atoms with van der Waals surface area (Å²) in [4.78, 5) is 23.3. The lowest BCUT2D eigenvalue weighted by Crippen LogP contribution is -2.16. The van der Waals surface area contributed by atoms with Gasteiger partial charge in [-0.15, -0.1) is 0 Å². The number of hydrogen-bond acceptors (Lipinski definition) is 6. The Morgan fingerprint density at radius 2 is 1.21 bits per heavy atom. The van der Waals surface area contributed by atoms with Gasteiger partial charge in [-0.1, -0.05) is 60.7 Å². The summed E-state index contributed by atoms with van der Waals surface area (Å²) in [6.07, 6.45) is 0. The van der Waals surface area contributed by atoms with Gasteiger partial charge in [-0.05, 0) is 42.0 Å². The Morgan fingerprint density at radius 1 is 0.641 bits per heavy atom. The number of halogens is 1. The maximum Gasteiger partial charge on any atom is 0.344 e. The molecule has 2 aromatic heterocycles. The molecule has 0 aliphatic rings. The van der Waals surface area contributed by atoms with Crippen LogP contribution in [0.15, 0.2) is 106 Å². The van der Waals surface area contributed by atoms with Crippen molar-refractivity contribution in [2.75, 3.05) is 0 Å². The lowest BCUT2D eigenvalue weighted by atomic mass is 9.82. The Labute approximate surface area is 220 Å². The number of aromatic nitrogens is 2. The second-order valence-electron chi connectivity index (χ2n) is 9.35. The third-order valence-electron chi connectivity index (χ3n) is 7.12. The molecule has 39 heavy (non-hydrogen) atoms. The zero-order valence-corrected chi connectivity index (χ0v) is 20.3. The molecular weight excluding hydrogens is 495 g/mol. The number of hydrogen-bond donors (Lipinski definition) is 2. The van der Waals surface area contributed by atoms with Gasteiger partial charge in [0.1, 0.15) is 22.9 Å². The van der Waals surface area contributed by atoms with Crippen molar-refractivity contribution in [1.29, 1.82) is 0 Å². The SMILES string of the molecule is O=c1oc2ccccc2c(O)c1C(c1ccc(F)cc1)c1c(O)c2ccccc2c2nc3ccccc3nc12. The number of fused-ring (bicyclic) bond motifs is 5. The number of para-hydroxylation sites is 3. The van der Waals surface area contributed by atoms with E-state index in [9.17, 15) is 19.4 Å². The van der Waals surface area contributed by atoms with Crippen LogP contribution >= 0.6 is 0 Å². The molecule has 7 heteroatoms. The van der Waals surface area contributed by atoms with Gasteiger partial charge in [0.2, 0.25) is 0 Å². The minimum atomic E-state index is -1.06. The monoisotopic (exact) mass is 514 g/mol. The molecule has 2 heterocycles. The van der Waals surface area contributed by atoms with Crippen molar-refractivity contribution in [3.63, 3.8) is 0 Å². The maximum atomic E-state index is 14.0. The molecule has 0 saturated heterocycles. The van der Waals surface area contributed by atoms with E-state index < -0.39 is 17.4 Å². The zero-order valence-electron chi connectivity index (χ0n) is 20.3. The van der Waals surface area contributed by atoms with Crippen LogP contribution in [0.3, 0.4) is 0 Å². The van der Waals surface area contributed by atoms with Crippen molar-refractivity contribution in [2.24, 2.45) is 0 Å². The average molecular weight is 515 g/mol. The lowest BCUT2D eigenvalue weighted by molar-refractivity contribution is 0.451. The highest BCUT2D eigenvalue weighted by molar-refractivity contribution is 6.11. The smallest absolute Gasteiger partial charge is 0.344 e. The van der Waals surface area contributed by atoms with Crippen LogP contribution in [0.2, 0.25) is 0 Å². The van der Waals surface area contributed by atoms with Gasteiger partial charge in [0.25, 0.3) is 0 Å². The van der Waals surface area contributed by atoms with Gasteiger partial charge in [-0.3, -0.25) is 0 Å². The van der Waals surface area contributed by atoms with Gasteiger partial charge in [0, 0.05) is 16.3 Å². The van der Waals surface area contributed by atoms with E-state index in [0.29, 0.717) is 43.8 Å². The van der Waals surface area contributed by atoms with E-state index >= 15 is 0 Å². The molecule has 0 bridgehead atoms. The van der Waals surface area contributed by atoms with Crippen LogP contribution in [0, 0.1) is 5.82 Å². The van der Waals surface area contributed by atoms with E-state index in [4.69, 9.17) is 14.4 Å². The molecule has 0 aliphatic carbocycles. The summed E-state index contributed by atoms with van der Waals surface area (Å²) in [5.74, 6) is -1.94. The van der Waals surface area contributed by atoms with Crippen molar-refractivity contribution in [3.8, 4) is 11.5 Å². The van der Waals surface area contributed by atoms with Gasteiger partial charge in [0.05, 0.1) is 38.9 Å². The summed E-state index contributed by atoms with van der Waals surface area (Å²) in [7, 11) is 0. The molecular formula is C32H19FN2O4. The van der Waals surface area contributed by atoms with E-state index in [1.807, 2.05) is 36.4 Å². The molecule has 1 unspecified atom stereocenters. The number of nitrogens with zero attached hydrogens (tertiary/aromatic N) is 2. The summed E-state index contributed by atoms with van der Waals surface area (Å²) in [5, 5.41) is 24.8. The topological polar surface area (TPSA) is 96.5 Å². The van der Waals surface area contributed by atoms with Crippen LogP contribution in [0.4, 0.5) is 4.39 Å². The molecule has 2 N–H and O–H groups in total. The van der Waals surface area contributed by atoms with Crippen LogP contribution in [-0.4, -0.2) is 20.2 Å². The van der Waals surface area contributed by atoms with E-state index in [1.54, 1.807) is 36.4 Å². The summed E-state index contributed by atoms with van der Waals surface area (Å²) in [6.45, 7) is 0. The first-order valence-corrected chi connectivity index (χ1v) is 12.3. The van der Waals surface area contributed by atoms with E-state index in [-0.39, 0.29) is 28.2 Å². The number of rotatable bonds is 3. The van der Waals surface area contributed by atoms with Crippen LogP contribution in [0.1, 0.15) is 22.6 Å². The Kier molecular flexibility index (Phi) is 5.06. The Balaban J connectivity index is 1.69. The van der Waals surface area contributed by atoms with Crippen molar-refractivity contribution >= 4 is 43.8 Å². The van der Waals surface area contributed by atoms with Gasteiger partial charge in [-0.2, -0.15) is 0 Å². The molecule has 188 valence electrons. The highest BCUT2D eigenvalue weighted by atomic mass is 19.1. The first kappa shape index (κ1) is 22.9. The van der Waals surface area contributed by atoms with Crippen LogP contribution in [0.25, 0.3) is 43.8 Å². The molecule has 0 radical (unpaired) electrons. The lowest BCUT2D eigenvalue weighted by Gasteiger charge is -2.23. The van der Waals surface area contributed by atoms with E-state index in [2.05, 4.69) is 0 Å². The van der Waals surface area contributed by atoms with Crippen LogP contribution in [-0.2, 0) is 0 Å². The van der Waals surface area contributed by atoms with Gasteiger partial charge in [-0.25, -0.2) is 19.2 Å². The van der Waals surface area contributed by atoms with Gasteiger partial charge in [0.15, 0.2) is 0 Å². The third-order valence-corrected chi connectivity index (χ3v) is 7.12. The molecule has 5 aromatic carbocycles. The molecule has 7 rings (SSSR count). The van der Waals surface area contributed by atoms with Gasteiger partial charge < -0.3 is 14.6 Å². The second kappa shape index (κ2) is 8.63. The predicted molar refractivity (Wildman–Crippen MR) is 148 cm³/mol. The first-order valence-electron chi connectivity index (χ1n) is 12.3. The molecule has 0 spiro atoms. The fraction of sp³-hybridized carbons (Fsp3) is 0.0312. The normalized spacial score (nSPS) is 12.4. The Bertz CT molecular complexity index is 2140.